The summed E-state index contributed by atoms with van der Waals surface area (Å²) in [5, 5.41) is 4.25. The molecule has 1 atom stereocenters. The Morgan fingerprint density at radius 3 is 2.80 bits per heavy atom. The van der Waals surface area contributed by atoms with E-state index in [1.54, 1.807) is 6.07 Å². The Kier molecular flexibility index (Phi) is 4.61. The average molecular weight is 343 g/mol. The first-order chi connectivity index (χ1) is 12.1. The third kappa shape index (κ3) is 3.77. The van der Waals surface area contributed by atoms with E-state index in [2.05, 4.69) is 16.2 Å². The number of aryl methyl sites for hydroxylation is 1. The van der Waals surface area contributed by atoms with Crippen molar-refractivity contribution in [3.05, 3.63) is 53.6 Å². The van der Waals surface area contributed by atoms with Crippen molar-refractivity contribution in [1.29, 1.82) is 0 Å². The molecule has 4 rings (SSSR count). The molecule has 0 bridgehead atoms. The summed E-state index contributed by atoms with van der Waals surface area (Å²) in [5.41, 5.74) is 2.35. The summed E-state index contributed by atoms with van der Waals surface area (Å²) in [5.74, 6) is -0.113. The first kappa shape index (κ1) is 16.7. The van der Waals surface area contributed by atoms with E-state index in [1.165, 1.54) is 24.5 Å². The van der Waals surface area contributed by atoms with Gasteiger partial charge in [0.25, 0.3) is 0 Å². The summed E-state index contributed by atoms with van der Waals surface area (Å²) in [6, 6.07) is 7.06. The molecule has 25 heavy (non-hydrogen) atoms. The molecule has 0 unspecified atom stereocenters. The summed E-state index contributed by atoms with van der Waals surface area (Å²) in [7, 11) is 1.96. The first-order valence-corrected chi connectivity index (χ1v) is 9.17. The third-order valence-electron chi connectivity index (χ3n) is 5.77. The molecule has 134 valence electrons. The van der Waals surface area contributed by atoms with Crippen molar-refractivity contribution in [1.82, 2.24) is 14.7 Å². The van der Waals surface area contributed by atoms with Gasteiger partial charge in [-0.3, -0.25) is 9.58 Å². The van der Waals surface area contributed by atoms with E-state index >= 15 is 0 Å². The zero-order valence-corrected chi connectivity index (χ0v) is 14.8. The third-order valence-corrected chi connectivity index (χ3v) is 5.77. The van der Waals surface area contributed by atoms with Crippen molar-refractivity contribution in [3.8, 4) is 0 Å². The molecule has 1 aromatic heterocycles. The summed E-state index contributed by atoms with van der Waals surface area (Å²) < 4.78 is 21.8. The standard InChI is InChI=1S/C20H26FN3O/c1-23-13-16(12-22-23)14-24-8-6-20(7-9-24)11-18(25-15-20)10-17-4-2-3-5-19(17)21/h2-5,12-13,18H,6-11,14-15H2,1H3/t18-/m0/s1. The average Bonchev–Trinajstić information content (AvgIpc) is 3.19. The van der Waals surface area contributed by atoms with Gasteiger partial charge in [-0.25, -0.2) is 4.39 Å². The Hall–Kier alpha value is -1.72. The van der Waals surface area contributed by atoms with Crippen molar-refractivity contribution in [2.45, 2.75) is 38.3 Å². The number of hydrogen-bond acceptors (Lipinski definition) is 3. The largest absolute Gasteiger partial charge is 0.377 e. The predicted octanol–water partition coefficient (Wildman–Crippen LogP) is 3.17. The fourth-order valence-corrected chi connectivity index (χ4v) is 4.28. The molecule has 2 aliphatic rings. The number of aromatic nitrogens is 2. The van der Waals surface area contributed by atoms with Crippen LogP contribution < -0.4 is 0 Å². The molecule has 0 N–H and O–H groups in total. The van der Waals surface area contributed by atoms with Gasteiger partial charge in [0.05, 0.1) is 18.9 Å². The van der Waals surface area contributed by atoms with E-state index in [9.17, 15) is 4.39 Å². The maximum absolute atomic E-state index is 13.9. The van der Waals surface area contributed by atoms with Crippen molar-refractivity contribution in [2.24, 2.45) is 12.5 Å². The highest BCUT2D eigenvalue weighted by Gasteiger charge is 2.42. The van der Waals surface area contributed by atoms with E-state index in [4.69, 9.17) is 4.74 Å². The van der Waals surface area contributed by atoms with Gasteiger partial charge in [0.15, 0.2) is 0 Å². The van der Waals surface area contributed by atoms with Crippen LogP contribution in [0.3, 0.4) is 0 Å². The summed E-state index contributed by atoms with van der Waals surface area (Å²) in [4.78, 5) is 2.51. The first-order valence-electron chi connectivity index (χ1n) is 9.17. The summed E-state index contributed by atoms with van der Waals surface area (Å²) in [6.07, 6.45) is 8.28. The second-order valence-corrected chi connectivity index (χ2v) is 7.73. The minimum atomic E-state index is -0.113. The Balaban J connectivity index is 1.30. The highest BCUT2D eigenvalue weighted by Crippen LogP contribution is 2.43. The number of nitrogens with zero attached hydrogens (tertiary/aromatic N) is 3. The second kappa shape index (κ2) is 6.89. The molecule has 4 nitrogen and oxygen atoms in total. The Labute approximate surface area is 148 Å². The van der Waals surface area contributed by atoms with E-state index in [0.717, 1.165) is 38.2 Å². The molecule has 5 heteroatoms. The van der Waals surface area contributed by atoms with Crippen molar-refractivity contribution in [2.75, 3.05) is 19.7 Å². The number of rotatable bonds is 4. The lowest BCUT2D eigenvalue weighted by molar-refractivity contribution is 0.0630. The molecule has 0 saturated carbocycles. The highest BCUT2D eigenvalue weighted by atomic mass is 19.1. The van der Waals surface area contributed by atoms with E-state index in [0.29, 0.717) is 11.8 Å². The molecule has 1 aromatic carbocycles. The topological polar surface area (TPSA) is 30.3 Å². The monoisotopic (exact) mass is 343 g/mol. The van der Waals surface area contributed by atoms with Gasteiger partial charge in [0, 0.05) is 31.8 Å². The lowest BCUT2D eigenvalue weighted by Gasteiger charge is -2.38. The van der Waals surface area contributed by atoms with Gasteiger partial charge < -0.3 is 4.74 Å². The van der Waals surface area contributed by atoms with Crippen LogP contribution >= 0.6 is 0 Å². The SMILES string of the molecule is Cn1cc(CN2CCC3(CC2)CO[C@@H](Cc2ccccc2F)C3)cn1. The van der Waals surface area contributed by atoms with E-state index in [1.807, 2.05) is 30.1 Å². The van der Waals surface area contributed by atoms with Gasteiger partial charge >= 0.3 is 0 Å². The quantitative estimate of drug-likeness (QED) is 0.854. The molecule has 0 aliphatic carbocycles. The van der Waals surface area contributed by atoms with E-state index in [-0.39, 0.29) is 11.9 Å². The van der Waals surface area contributed by atoms with Gasteiger partial charge in [0.1, 0.15) is 5.82 Å². The smallest absolute Gasteiger partial charge is 0.126 e. The Morgan fingerprint density at radius 2 is 2.08 bits per heavy atom. The van der Waals surface area contributed by atoms with Gasteiger partial charge in [0.2, 0.25) is 0 Å². The van der Waals surface area contributed by atoms with Gasteiger partial charge in [-0.05, 0) is 49.4 Å². The van der Waals surface area contributed by atoms with Crippen molar-refractivity contribution in [3.63, 3.8) is 0 Å². The van der Waals surface area contributed by atoms with Crippen LogP contribution in [-0.4, -0.2) is 40.5 Å². The van der Waals surface area contributed by atoms with Crippen LogP contribution in [0.1, 0.15) is 30.4 Å². The maximum Gasteiger partial charge on any atom is 0.126 e. The van der Waals surface area contributed by atoms with Crippen LogP contribution in [0.15, 0.2) is 36.7 Å². The zero-order valence-electron chi connectivity index (χ0n) is 14.8. The van der Waals surface area contributed by atoms with E-state index < -0.39 is 0 Å². The number of likely N-dealkylation sites (tertiary alicyclic amines) is 1. The normalized spacial score (nSPS) is 23.4. The predicted molar refractivity (Wildman–Crippen MR) is 94.6 cm³/mol. The van der Waals surface area contributed by atoms with Gasteiger partial charge in [-0.1, -0.05) is 18.2 Å². The fraction of sp³-hybridized carbons (Fsp3) is 0.550. The molecule has 2 aromatic rings. The maximum atomic E-state index is 13.9. The van der Waals surface area contributed by atoms with Crippen LogP contribution in [0, 0.1) is 11.2 Å². The molecular formula is C20H26FN3O. The number of ether oxygens (including phenoxy) is 1. The molecule has 2 aliphatic heterocycles. The molecule has 2 saturated heterocycles. The van der Waals surface area contributed by atoms with Gasteiger partial charge in [-0.15, -0.1) is 0 Å². The Bertz CT molecular complexity index is 721. The molecule has 1 spiro atoms. The minimum Gasteiger partial charge on any atom is -0.377 e. The highest BCUT2D eigenvalue weighted by molar-refractivity contribution is 5.18. The number of halogens is 1. The zero-order chi connectivity index (χ0) is 17.3. The lowest BCUT2D eigenvalue weighted by atomic mass is 9.76. The number of hydrogen-bond donors (Lipinski definition) is 0. The van der Waals surface area contributed by atoms with Crippen LogP contribution in [0.25, 0.3) is 0 Å². The number of benzene rings is 1. The Morgan fingerprint density at radius 1 is 1.28 bits per heavy atom. The molecule has 0 radical (unpaired) electrons. The molecule has 3 heterocycles. The molecule has 2 fully saturated rings. The lowest BCUT2D eigenvalue weighted by Crippen LogP contribution is -2.40. The summed E-state index contributed by atoms with van der Waals surface area (Å²) in [6.45, 7) is 4.01. The van der Waals surface area contributed by atoms with Crippen molar-refractivity contribution < 1.29 is 9.13 Å². The fourth-order valence-electron chi connectivity index (χ4n) is 4.28. The second-order valence-electron chi connectivity index (χ2n) is 7.73. The minimum absolute atomic E-state index is 0.113. The van der Waals surface area contributed by atoms with Crippen LogP contribution in [-0.2, 0) is 24.8 Å². The van der Waals surface area contributed by atoms with Crippen LogP contribution in [0.2, 0.25) is 0 Å². The van der Waals surface area contributed by atoms with Crippen LogP contribution in [0.4, 0.5) is 4.39 Å². The van der Waals surface area contributed by atoms with Crippen molar-refractivity contribution >= 4 is 0 Å². The molecule has 0 amide bonds. The van der Waals surface area contributed by atoms with Crippen LogP contribution in [0.5, 0.6) is 0 Å². The summed E-state index contributed by atoms with van der Waals surface area (Å²) >= 11 is 0. The van der Waals surface area contributed by atoms with Gasteiger partial charge in [-0.2, -0.15) is 5.10 Å². The molecular weight excluding hydrogens is 317 g/mol. The number of piperidine rings is 1.